The number of benzene rings is 1. The molecule has 1 fully saturated rings. The number of aryl methyl sites for hydroxylation is 1. The fourth-order valence-electron chi connectivity index (χ4n) is 2.79. The fraction of sp³-hybridized carbons (Fsp3) is 0.412. The summed E-state index contributed by atoms with van der Waals surface area (Å²) in [5.41, 5.74) is 0.672. The fourth-order valence-corrected chi connectivity index (χ4v) is 7.06. The molecule has 0 aliphatic carbocycles. The Morgan fingerprint density at radius 2 is 2.00 bits per heavy atom. The van der Waals surface area contributed by atoms with E-state index in [4.69, 9.17) is 0 Å². The van der Waals surface area contributed by atoms with Gasteiger partial charge in [0.15, 0.2) is 0 Å². The van der Waals surface area contributed by atoms with Gasteiger partial charge < -0.3 is 0 Å². The minimum Gasteiger partial charge on any atom is -0.207 e. The van der Waals surface area contributed by atoms with Gasteiger partial charge >= 0.3 is 0 Å². The molecule has 24 heavy (non-hydrogen) atoms. The zero-order valence-electron chi connectivity index (χ0n) is 13.4. The van der Waals surface area contributed by atoms with Gasteiger partial charge in [0.1, 0.15) is 10.0 Å². The number of rotatable bonds is 4. The Balaban J connectivity index is 1.76. The summed E-state index contributed by atoms with van der Waals surface area (Å²) in [6.07, 6.45) is 1.46. The molecule has 0 N–H and O–H groups in total. The highest BCUT2D eigenvalue weighted by Crippen LogP contribution is 2.37. The van der Waals surface area contributed by atoms with E-state index >= 15 is 0 Å². The first-order chi connectivity index (χ1) is 11.5. The average molecular weight is 386 g/mol. The summed E-state index contributed by atoms with van der Waals surface area (Å²) in [5, 5.41) is 0.000869. The molecule has 7 heteroatoms. The van der Waals surface area contributed by atoms with Crippen molar-refractivity contribution in [3.8, 4) is 0 Å². The van der Waals surface area contributed by atoms with E-state index in [-0.39, 0.29) is 11.1 Å². The van der Waals surface area contributed by atoms with E-state index in [1.807, 2.05) is 19.1 Å². The summed E-state index contributed by atoms with van der Waals surface area (Å²) in [5.74, 6) is 0.460. The molecule has 1 aromatic carbocycles. The maximum Gasteiger partial charge on any atom is 0.252 e. The van der Waals surface area contributed by atoms with Gasteiger partial charge in [0.2, 0.25) is 0 Å². The van der Waals surface area contributed by atoms with E-state index in [2.05, 4.69) is 0 Å². The second-order valence-electron chi connectivity index (χ2n) is 5.65. The Morgan fingerprint density at radius 3 is 2.71 bits per heavy atom. The van der Waals surface area contributed by atoms with Crippen LogP contribution in [-0.4, -0.2) is 31.6 Å². The molecule has 1 aliphatic heterocycles. The Bertz CT molecular complexity index is 804. The number of hydrogen-bond acceptors (Lipinski definition) is 4. The van der Waals surface area contributed by atoms with Crippen LogP contribution in [0.25, 0.3) is 0 Å². The minimum absolute atomic E-state index is 0.000869. The summed E-state index contributed by atoms with van der Waals surface area (Å²) < 4.78 is 41.6. The summed E-state index contributed by atoms with van der Waals surface area (Å²) in [4.78, 5) is 1.07. The minimum atomic E-state index is -3.45. The topological polar surface area (TPSA) is 37.4 Å². The molecular weight excluding hydrogens is 365 g/mol. The molecule has 1 atom stereocenters. The van der Waals surface area contributed by atoms with Crippen LogP contribution in [0.4, 0.5) is 4.39 Å². The van der Waals surface area contributed by atoms with Crippen LogP contribution in [0.3, 0.4) is 0 Å². The van der Waals surface area contributed by atoms with Gasteiger partial charge in [-0.3, -0.25) is 0 Å². The molecule has 2 heterocycles. The lowest BCUT2D eigenvalue weighted by Crippen LogP contribution is -2.32. The van der Waals surface area contributed by atoms with Crippen molar-refractivity contribution in [3.05, 3.63) is 52.7 Å². The van der Waals surface area contributed by atoms with Gasteiger partial charge in [-0.05, 0) is 31.0 Å². The molecule has 3 nitrogen and oxygen atoms in total. The molecule has 2 aromatic rings. The molecule has 1 aliphatic rings. The van der Waals surface area contributed by atoms with Crippen molar-refractivity contribution >= 4 is 33.1 Å². The first-order valence-electron chi connectivity index (χ1n) is 7.97. The van der Waals surface area contributed by atoms with Crippen LogP contribution in [0.2, 0.25) is 0 Å². The zero-order valence-corrected chi connectivity index (χ0v) is 15.9. The Hall–Kier alpha value is -0.890. The second-order valence-corrected chi connectivity index (χ2v) is 10.3. The predicted molar refractivity (Wildman–Crippen MR) is 98.7 cm³/mol. The molecule has 130 valence electrons. The number of thiophene rings is 1. The molecule has 0 spiro atoms. The lowest BCUT2D eigenvalue weighted by Gasteiger charge is -2.19. The van der Waals surface area contributed by atoms with E-state index < -0.39 is 10.0 Å². The molecule has 0 saturated carbocycles. The van der Waals surface area contributed by atoms with Crippen molar-refractivity contribution in [2.75, 3.05) is 18.8 Å². The third-order valence-electron chi connectivity index (χ3n) is 4.13. The van der Waals surface area contributed by atoms with E-state index in [1.165, 1.54) is 17.4 Å². The molecule has 1 aromatic heterocycles. The second kappa shape index (κ2) is 7.56. The van der Waals surface area contributed by atoms with Crippen LogP contribution in [0, 0.1) is 5.82 Å². The zero-order chi connectivity index (χ0) is 17.2. The number of sulfonamides is 1. The lowest BCUT2D eigenvalue weighted by molar-refractivity contribution is 0.428. The highest BCUT2D eigenvalue weighted by Gasteiger charge is 2.30. The van der Waals surface area contributed by atoms with E-state index in [1.54, 1.807) is 34.3 Å². The van der Waals surface area contributed by atoms with Crippen LogP contribution in [0.15, 0.2) is 40.6 Å². The maximum atomic E-state index is 14.0. The summed E-state index contributed by atoms with van der Waals surface area (Å²) in [7, 11) is -3.45. The molecule has 0 unspecified atom stereocenters. The SMILES string of the molecule is CCc1ccc(S(=O)(=O)N2CCS[C@H](c3ccccc3F)CC2)s1. The van der Waals surface area contributed by atoms with Crippen molar-refractivity contribution in [1.29, 1.82) is 0 Å². The molecular formula is C17H20FNO2S3. The van der Waals surface area contributed by atoms with Crippen molar-refractivity contribution in [2.45, 2.75) is 29.2 Å². The summed E-state index contributed by atoms with van der Waals surface area (Å²) in [6.45, 7) is 2.91. The average Bonchev–Trinajstić information content (AvgIpc) is 2.93. The molecule has 1 saturated heterocycles. The Labute approximate surface area is 150 Å². The standard InChI is InChI=1S/C17H20FNO2S3/c1-2-13-7-8-17(23-13)24(20,21)19-10-9-16(22-12-11-19)14-5-3-4-6-15(14)18/h3-8,16H,2,9-12H2,1H3/t16-/m0/s1. The number of halogens is 1. The number of thioether (sulfide) groups is 1. The van der Waals surface area contributed by atoms with Gasteiger partial charge in [-0.1, -0.05) is 25.1 Å². The van der Waals surface area contributed by atoms with Crippen molar-refractivity contribution < 1.29 is 12.8 Å². The van der Waals surface area contributed by atoms with Gasteiger partial charge in [-0.25, -0.2) is 12.8 Å². The third kappa shape index (κ3) is 3.69. The number of nitrogens with zero attached hydrogens (tertiary/aromatic N) is 1. The summed E-state index contributed by atoms with van der Waals surface area (Å²) in [6, 6.07) is 10.4. The lowest BCUT2D eigenvalue weighted by atomic mass is 10.1. The van der Waals surface area contributed by atoms with Gasteiger partial charge in [0.25, 0.3) is 10.0 Å². The monoisotopic (exact) mass is 385 g/mol. The van der Waals surface area contributed by atoms with Crippen molar-refractivity contribution in [3.63, 3.8) is 0 Å². The van der Waals surface area contributed by atoms with Crippen LogP contribution < -0.4 is 0 Å². The van der Waals surface area contributed by atoms with Crippen LogP contribution in [-0.2, 0) is 16.4 Å². The van der Waals surface area contributed by atoms with Crippen LogP contribution in [0.5, 0.6) is 0 Å². The first kappa shape index (κ1) is 17.9. The third-order valence-corrected chi connectivity index (χ3v) is 9.04. The quantitative estimate of drug-likeness (QED) is 0.787. The molecule has 0 amide bonds. The maximum absolute atomic E-state index is 14.0. The predicted octanol–water partition coefficient (Wildman–Crippen LogP) is 4.32. The van der Waals surface area contributed by atoms with Gasteiger partial charge in [-0.15, -0.1) is 11.3 Å². The number of hydrogen-bond donors (Lipinski definition) is 0. The van der Waals surface area contributed by atoms with Crippen molar-refractivity contribution in [1.82, 2.24) is 4.31 Å². The highest BCUT2D eigenvalue weighted by atomic mass is 32.2. The van der Waals surface area contributed by atoms with E-state index in [0.717, 1.165) is 11.3 Å². The van der Waals surface area contributed by atoms with E-state index in [9.17, 15) is 12.8 Å². The summed E-state index contributed by atoms with van der Waals surface area (Å²) >= 11 is 2.98. The molecule has 3 rings (SSSR count). The largest absolute Gasteiger partial charge is 0.252 e. The van der Waals surface area contributed by atoms with Crippen LogP contribution in [0.1, 0.15) is 29.0 Å². The molecule has 0 bridgehead atoms. The van der Waals surface area contributed by atoms with Gasteiger partial charge in [0.05, 0.1) is 0 Å². The Kier molecular flexibility index (Phi) is 5.64. The van der Waals surface area contributed by atoms with Gasteiger partial charge in [-0.2, -0.15) is 16.1 Å². The normalized spacial score (nSPS) is 20.0. The van der Waals surface area contributed by atoms with Crippen molar-refractivity contribution in [2.24, 2.45) is 0 Å². The molecule has 0 radical (unpaired) electrons. The first-order valence-corrected chi connectivity index (χ1v) is 11.3. The Morgan fingerprint density at radius 1 is 1.21 bits per heavy atom. The smallest absolute Gasteiger partial charge is 0.207 e. The van der Waals surface area contributed by atoms with Gasteiger partial charge in [0, 0.05) is 34.5 Å². The van der Waals surface area contributed by atoms with E-state index in [0.29, 0.717) is 35.0 Å². The highest BCUT2D eigenvalue weighted by molar-refractivity contribution is 7.99. The van der Waals surface area contributed by atoms with Crippen LogP contribution >= 0.6 is 23.1 Å².